The minimum absolute atomic E-state index is 0.0543. The van der Waals surface area contributed by atoms with Crippen molar-refractivity contribution in [2.75, 3.05) is 17.2 Å². The molecule has 3 aliphatic rings. The molecule has 1 aliphatic carbocycles. The average molecular weight is 658 g/mol. The van der Waals surface area contributed by atoms with E-state index < -0.39 is 40.8 Å². The van der Waals surface area contributed by atoms with Crippen molar-refractivity contribution >= 4 is 84.4 Å². The number of allylic oxidation sites excluding steroid dienone is 2. The standard InChI is InChI=1S/C26H24N8O7S3/c27-24-30-14(11-43-24)16(32-41-26(23(39)40)5-2-6-26)19(35)31-17-20(36)34-18(22(37)38)12(10-42-21(17)34)3-1-7-33-8-4-15-13(9-33)29-25(28)44-15/h1,3-4,8-9,11,17,21H,2,5-7,10H2,(H6-,27,28,29,30,31,35,37,38,39,40)/p+1/b3-1+,32-16+/t17?,21-/m1/s1. The number of oxime groups is 1. The van der Waals surface area contributed by atoms with Gasteiger partial charge < -0.3 is 31.8 Å². The van der Waals surface area contributed by atoms with E-state index in [1.807, 2.05) is 23.0 Å². The van der Waals surface area contributed by atoms with Gasteiger partial charge in [0, 0.05) is 30.0 Å². The fourth-order valence-electron chi connectivity index (χ4n) is 4.92. The van der Waals surface area contributed by atoms with Gasteiger partial charge in [0.1, 0.15) is 28.3 Å². The number of hydrogen-bond acceptors (Lipinski definition) is 13. The molecule has 5 heterocycles. The average Bonchev–Trinajstić information content (AvgIpc) is 3.56. The largest absolute Gasteiger partial charge is 0.478 e. The Morgan fingerprint density at radius 3 is 2.70 bits per heavy atom. The zero-order valence-electron chi connectivity index (χ0n) is 22.7. The predicted octanol–water partition coefficient (Wildman–Crippen LogP) is 0.928. The van der Waals surface area contributed by atoms with Crippen LogP contribution in [0.4, 0.5) is 10.3 Å². The molecule has 1 unspecified atom stereocenters. The highest BCUT2D eigenvalue weighted by Gasteiger charge is 2.54. The molecule has 0 aromatic carbocycles. The number of pyridine rings is 1. The molecular formula is C26H25N8O7S3+. The highest BCUT2D eigenvalue weighted by molar-refractivity contribution is 8.00. The van der Waals surface area contributed by atoms with Crippen molar-refractivity contribution in [3.63, 3.8) is 0 Å². The summed E-state index contributed by atoms with van der Waals surface area (Å²) in [5.74, 6) is -3.64. The topological polar surface area (TPSA) is 227 Å². The Labute approximate surface area is 260 Å². The highest BCUT2D eigenvalue weighted by Crippen LogP contribution is 2.41. The Bertz CT molecular complexity index is 1790. The molecule has 18 heteroatoms. The molecule has 7 N–H and O–H groups in total. The second-order valence-corrected chi connectivity index (χ2v) is 13.2. The summed E-state index contributed by atoms with van der Waals surface area (Å²) in [6.07, 6.45) is 8.25. The quantitative estimate of drug-likeness (QED) is 0.0888. The Morgan fingerprint density at radius 1 is 1.25 bits per heavy atom. The van der Waals surface area contributed by atoms with E-state index in [4.69, 9.17) is 16.3 Å². The lowest BCUT2D eigenvalue weighted by Crippen LogP contribution is -2.71. The number of anilines is 2. The molecule has 6 rings (SSSR count). The number of amides is 2. The predicted molar refractivity (Wildman–Crippen MR) is 161 cm³/mol. The number of carboxylic acid groups (broad SMARTS) is 2. The van der Waals surface area contributed by atoms with Crippen molar-refractivity contribution in [2.24, 2.45) is 5.16 Å². The number of carboxylic acids is 2. The summed E-state index contributed by atoms with van der Waals surface area (Å²) in [7, 11) is 0. The van der Waals surface area contributed by atoms with Gasteiger partial charge in [-0.05, 0) is 18.1 Å². The zero-order valence-corrected chi connectivity index (χ0v) is 25.2. The molecule has 15 nitrogen and oxygen atoms in total. The van der Waals surface area contributed by atoms with Crippen LogP contribution in [0.15, 0.2) is 52.4 Å². The van der Waals surface area contributed by atoms with Crippen molar-refractivity contribution in [1.82, 2.24) is 20.2 Å². The molecule has 1 saturated heterocycles. The van der Waals surface area contributed by atoms with E-state index in [2.05, 4.69) is 20.4 Å². The summed E-state index contributed by atoms with van der Waals surface area (Å²) < 4.78 is 2.83. The van der Waals surface area contributed by atoms with Gasteiger partial charge in [-0.25, -0.2) is 19.6 Å². The lowest BCUT2D eigenvalue weighted by Gasteiger charge is -2.49. The first kappa shape index (κ1) is 29.5. The summed E-state index contributed by atoms with van der Waals surface area (Å²) in [4.78, 5) is 65.3. The third kappa shape index (κ3) is 5.35. The molecule has 3 aromatic rings. The van der Waals surface area contributed by atoms with E-state index in [0.29, 0.717) is 23.7 Å². The van der Waals surface area contributed by atoms with E-state index in [0.717, 1.165) is 26.5 Å². The SMILES string of the molecule is Nc1nc(/C(=N\OC2(C(=O)O)CCC2)C(=O)NC2C(=O)N3C(C(=O)O)=C(/C=C/C[n+]4ccc5sc(N)nc5c4)CS[C@H]23)cs1. The number of nitrogens with two attached hydrogens (primary N) is 2. The molecule has 2 fully saturated rings. The number of aromatic nitrogens is 3. The molecule has 44 heavy (non-hydrogen) atoms. The minimum atomic E-state index is -1.54. The molecule has 2 amide bonds. The molecule has 0 bridgehead atoms. The maximum atomic E-state index is 13.3. The Balaban J connectivity index is 1.17. The second-order valence-electron chi connectivity index (χ2n) is 10.1. The van der Waals surface area contributed by atoms with Gasteiger partial charge in [0.15, 0.2) is 34.9 Å². The highest BCUT2D eigenvalue weighted by atomic mass is 32.2. The van der Waals surface area contributed by atoms with E-state index in [-0.39, 0.29) is 40.8 Å². The molecule has 2 aliphatic heterocycles. The van der Waals surface area contributed by atoms with E-state index in [1.165, 1.54) is 28.5 Å². The van der Waals surface area contributed by atoms with E-state index in [1.54, 1.807) is 12.2 Å². The summed E-state index contributed by atoms with van der Waals surface area (Å²) in [5, 5.41) is 27.4. The number of β-lactam (4-membered cyclic amide) rings is 1. The van der Waals surface area contributed by atoms with Gasteiger partial charge in [0.2, 0.25) is 5.60 Å². The van der Waals surface area contributed by atoms with Crippen LogP contribution < -0.4 is 21.4 Å². The van der Waals surface area contributed by atoms with Crippen molar-refractivity contribution in [3.05, 3.63) is 53.0 Å². The fourth-order valence-corrected chi connectivity index (χ4v) is 7.49. The van der Waals surface area contributed by atoms with Crippen molar-refractivity contribution in [3.8, 4) is 0 Å². The lowest BCUT2D eigenvalue weighted by atomic mass is 9.80. The van der Waals surface area contributed by atoms with Crippen LogP contribution in [0.1, 0.15) is 25.0 Å². The van der Waals surface area contributed by atoms with Gasteiger partial charge in [0.05, 0.1) is 4.70 Å². The first-order valence-corrected chi connectivity index (χ1v) is 16.0. The summed E-state index contributed by atoms with van der Waals surface area (Å²) in [6, 6.07) is 0.842. The number of hydrogen-bond donors (Lipinski definition) is 5. The normalized spacial score (nSPS) is 21.1. The Morgan fingerprint density at radius 2 is 2.05 bits per heavy atom. The van der Waals surface area contributed by atoms with Crippen LogP contribution in [0.2, 0.25) is 0 Å². The van der Waals surface area contributed by atoms with Crippen LogP contribution in [0, 0.1) is 0 Å². The van der Waals surface area contributed by atoms with Crippen LogP contribution in [0.3, 0.4) is 0 Å². The van der Waals surface area contributed by atoms with Gasteiger partial charge in [-0.15, -0.1) is 23.1 Å². The van der Waals surface area contributed by atoms with Crippen molar-refractivity contribution in [2.45, 2.75) is 42.8 Å². The van der Waals surface area contributed by atoms with Gasteiger partial charge in [-0.2, -0.15) is 4.57 Å². The van der Waals surface area contributed by atoms with Crippen LogP contribution >= 0.6 is 34.4 Å². The van der Waals surface area contributed by atoms with E-state index >= 15 is 0 Å². The van der Waals surface area contributed by atoms with Crippen LogP contribution in [-0.4, -0.2) is 77.3 Å². The Kier molecular flexibility index (Phi) is 7.72. The minimum Gasteiger partial charge on any atom is -0.478 e. The number of nitrogen functional groups attached to an aromatic ring is 2. The van der Waals surface area contributed by atoms with Gasteiger partial charge in [-0.3, -0.25) is 14.5 Å². The third-order valence-electron chi connectivity index (χ3n) is 7.37. The maximum Gasteiger partial charge on any atom is 0.352 e. The number of nitrogens with one attached hydrogen (secondary N) is 1. The molecule has 228 valence electrons. The fraction of sp³-hybridized carbons (Fsp3) is 0.308. The second kappa shape index (κ2) is 11.5. The monoisotopic (exact) mass is 657 g/mol. The number of thiazole rings is 2. The molecule has 0 radical (unpaired) electrons. The maximum absolute atomic E-state index is 13.3. The summed E-state index contributed by atoms with van der Waals surface area (Å²) in [5.41, 5.74) is 10.7. The summed E-state index contributed by atoms with van der Waals surface area (Å²) >= 11 is 3.73. The molecular weight excluding hydrogens is 633 g/mol. The number of carbonyl (C=O) groups is 4. The van der Waals surface area contributed by atoms with Crippen molar-refractivity contribution in [1.29, 1.82) is 0 Å². The first-order chi connectivity index (χ1) is 21.1. The lowest BCUT2D eigenvalue weighted by molar-refractivity contribution is -0.685. The Hall–Kier alpha value is -4.55. The third-order valence-corrected chi connectivity index (χ3v) is 10.2. The zero-order chi connectivity index (χ0) is 31.2. The van der Waals surface area contributed by atoms with Gasteiger partial charge >= 0.3 is 11.9 Å². The summed E-state index contributed by atoms with van der Waals surface area (Å²) in [6.45, 7) is 0.430. The van der Waals surface area contributed by atoms with Gasteiger partial charge in [0.25, 0.3) is 11.8 Å². The van der Waals surface area contributed by atoms with Crippen LogP contribution in [-0.2, 0) is 30.6 Å². The number of aliphatic carboxylic acids is 2. The van der Waals surface area contributed by atoms with Gasteiger partial charge in [-0.1, -0.05) is 22.6 Å². The molecule has 0 spiro atoms. The van der Waals surface area contributed by atoms with E-state index in [9.17, 15) is 29.4 Å². The molecule has 2 atom stereocenters. The van der Waals surface area contributed by atoms with Crippen LogP contribution in [0.25, 0.3) is 10.2 Å². The van der Waals surface area contributed by atoms with Crippen LogP contribution in [0.5, 0.6) is 0 Å². The first-order valence-electron chi connectivity index (χ1n) is 13.2. The number of thioether (sulfide) groups is 1. The smallest absolute Gasteiger partial charge is 0.352 e. The number of nitrogens with zero attached hydrogens (tertiary/aromatic N) is 5. The van der Waals surface area contributed by atoms with Crippen molar-refractivity contribution < 1.29 is 38.8 Å². The molecule has 1 saturated carbocycles. The number of fused-ring (bicyclic) bond motifs is 2. The number of rotatable bonds is 10. The number of carbonyl (C=O) groups excluding carboxylic acids is 2. The molecule has 3 aromatic heterocycles.